The Morgan fingerprint density at radius 3 is 3.11 bits per heavy atom. The van der Waals surface area contributed by atoms with Crippen LogP contribution >= 0.6 is 0 Å². The van der Waals surface area contributed by atoms with Gasteiger partial charge in [0.1, 0.15) is 5.82 Å². The van der Waals surface area contributed by atoms with Crippen LogP contribution in [0.2, 0.25) is 0 Å². The molecule has 18 heavy (non-hydrogen) atoms. The van der Waals surface area contributed by atoms with Gasteiger partial charge < -0.3 is 20.1 Å². The molecule has 1 fully saturated rings. The fraction of sp³-hybridized carbons (Fsp3) is 0.500. The highest BCUT2D eigenvalue weighted by atomic mass is 16.5. The minimum Gasteiger partial charge on any atom is -0.478 e. The zero-order valence-corrected chi connectivity index (χ0v) is 10.3. The lowest BCUT2D eigenvalue weighted by Gasteiger charge is -2.30. The number of ether oxygens (including phenoxy) is 1. The Labute approximate surface area is 106 Å². The number of rotatable bonds is 4. The van der Waals surface area contributed by atoms with Gasteiger partial charge in [-0.05, 0) is 19.2 Å². The summed E-state index contributed by atoms with van der Waals surface area (Å²) >= 11 is 0. The molecule has 6 nitrogen and oxygen atoms in total. The molecule has 2 heterocycles. The largest absolute Gasteiger partial charge is 0.478 e. The molecule has 1 unspecified atom stereocenters. The summed E-state index contributed by atoms with van der Waals surface area (Å²) < 4.78 is 5.61. The van der Waals surface area contributed by atoms with Gasteiger partial charge >= 0.3 is 5.97 Å². The van der Waals surface area contributed by atoms with E-state index in [4.69, 9.17) is 9.84 Å². The highest BCUT2D eigenvalue weighted by Crippen LogP contribution is 2.07. The second-order valence-electron chi connectivity index (χ2n) is 4.37. The van der Waals surface area contributed by atoms with E-state index < -0.39 is 5.97 Å². The summed E-state index contributed by atoms with van der Waals surface area (Å²) in [6.07, 6.45) is 1.49. The van der Waals surface area contributed by atoms with Crippen LogP contribution < -0.4 is 5.32 Å². The number of morpholine rings is 1. The molecule has 0 amide bonds. The van der Waals surface area contributed by atoms with Gasteiger partial charge in [0.2, 0.25) is 0 Å². The van der Waals surface area contributed by atoms with Crippen molar-refractivity contribution in [2.24, 2.45) is 0 Å². The van der Waals surface area contributed by atoms with E-state index in [2.05, 4.69) is 22.2 Å². The van der Waals surface area contributed by atoms with Gasteiger partial charge in [0.05, 0.1) is 18.3 Å². The minimum absolute atomic E-state index is 0.143. The Morgan fingerprint density at radius 1 is 1.67 bits per heavy atom. The molecule has 1 atom stereocenters. The lowest BCUT2D eigenvalue weighted by Crippen LogP contribution is -2.43. The number of carboxylic acid groups (broad SMARTS) is 1. The molecule has 6 heteroatoms. The van der Waals surface area contributed by atoms with Crippen LogP contribution in [0.3, 0.4) is 0 Å². The van der Waals surface area contributed by atoms with Crippen molar-refractivity contribution in [1.29, 1.82) is 0 Å². The van der Waals surface area contributed by atoms with Gasteiger partial charge in [0.15, 0.2) is 0 Å². The third kappa shape index (κ3) is 3.41. The van der Waals surface area contributed by atoms with Crippen LogP contribution in [0.4, 0.5) is 5.82 Å². The van der Waals surface area contributed by atoms with E-state index in [0.717, 1.165) is 19.7 Å². The first-order chi connectivity index (χ1) is 8.65. The molecule has 1 aliphatic heterocycles. The van der Waals surface area contributed by atoms with Crippen LogP contribution in [0.15, 0.2) is 18.3 Å². The molecular weight excluding hydrogens is 234 g/mol. The molecule has 0 spiro atoms. The number of carboxylic acids is 1. The van der Waals surface area contributed by atoms with Crippen molar-refractivity contribution in [3.8, 4) is 0 Å². The quantitative estimate of drug-likeness (QED) is 0.812. The first kappa shape index (κ1) is 12.8. The fourth-order valence-electron chi connectivity index (χ4n) is 1.83. The summed E-state index contributed by atoms with van der Waals surface area (Å²) in [5.41, 5.74) is 0.189. The zero-order valence-electron chi connectivity index (χ0n) is 10.3. The van der Waals surface area contributed by atoms with E-state index in [0.29, 0.717) is 12.4 Å². The Balaban J connectivity index is 1.84. The van der Waals surface area contributed by atoms with E-state index in [9.17, 15) is 4.79 Å². The van der Waals surface area contributed by atoms with Crippen molar-refractivity contribution in [2.45, 2.75) is 6.10 Å². The number of nitrogens with zero attached hydrogens (tertiary/aromatic N) is 2. The van der Waals surface area contributed by atoms with Crippen molar-refractivity contribution in [3.63, 3.8) is 0 Å². The molecule has 1 aromatic rings. The first-order valence-corrected chi connectivity index (χ1v) is 5.88. The zero-order chi connectivity index (χ0) is 13.0. The second-order valence-corrected chi connectivity index (χ2v) is 4.37. The number of aromatic nitrogens is 1. The normalized spacial score (nSPS) is 20.6. The molecule has 2 rings (SSSR count). The summed E-state index contributed by atoms with van der Waals surface area (Å²) in [4.78, 5) is 16.9. The number of hydrogen-bond acceptors (Lipinski definition) is 5. The molecule has 0 radical (unpaired) electrons. The Kier molecular flexibility index (Phi) is 4.11. The summed E-state index contributed by atoms with van der Waals surface area (Å²) in [7, 11) is 2.06. The molecule has 98 valence electrons. The van der Waals surface area contributed by atoms with Crippen LogP contribution in [-0.4, -0.2) is 60.4 Å². The average Bonchev–Trinajstić information content (AvgIpc) is 2.37. The maximum absolute atomic E-state index is 10.7. The van der Waals surface area contributed by atoms with Crippen LogP contribution in [0.1, 0.15) is 10.4 Å². The number of hydrogen-bond donors (Lipinski definition) is 2. The van der Waals surface area contributed by atoms with E-state index >= 15 is 0 Å². The monoisotopic (exact) mass is 251 g/mol. The summed E-state index contributed by atoms with van der Waals surface area (Å²) in [5.74, 6) is -0.303. The fourth-order valence-corrected chi connectivity index (χ4v) is 1.83. The predicted molar refractivity (Wildman–Crippen MR) is 66.9 cm³/mol. The van der Waals surface area contributed by atoms with Gasteiger partial charge in [-0.1, -0.05) is 0 Å². The van der Waals surface area contributed by atoms with Crippen molar-refractivity contribution < 1.29 is 14.6 Å². The van der Waals surface area contributed by atoms with Crippen LogP contribution in [0.5, 0.6) is 0 Å². The Morgan fingerprint density at radius 2 is 2.50 bits per heavy atom. The van der Waals surface area contributed by atoms with Crippen molar-refractivity contribution >= 4 is 11.8 Å². The average molecular weight is 251 g/mol. The number of pyridine rings is 1. The summed E-state index contributed by atoms with van der Waals surface area (Å²) in [6.45, 7) is 3.26. The van der Waals surface area contributed by atoms with Crippen molar-refractivity contribution in [3.05, 3.63) is 23.9 Å². The van der Waals surface area contributed by atoms with Gasteiger partial charge in [-0.2, -0.15) is 0 Å². The molecule has 2 N–H and O–H groups in total. The number of anilines is 1. The van der Waals surface area contributed by atoms with Gasteiger partial charge in [0.25, 0.3) is 0 Å². The third-order valence-corrected chi connectivity index (χ3v) is 2.86. The summed E-state index contributed by atoms with van der Waals surface area (Å²) in [6, 6.07) is 3.20. The van der Waals surface area contributed by atoms with Gasteiger partial charge in [-0.15, -0.1) is 0 Å². The highest BCUT2D eigenvalue weighted by Gasteiger charge is 2.17. The molecule has 1 aromatic heterocycles. The van der Waals surface area contributed by atoms with Gasteiger partial charge in [-0.3, -0.25) is 0 Å². The van der Waals surface area contributed by atoms with E-state index in [-0.39, 0.29) is 11.7 Å². The Bertz CT molecular complexity index is 408. The first-order valence-electron chi connectivity index (χ1n) is 5.88. The minimum atomic E-state index is -0.966. The maximum Gasteiger partial charge on any atom is 0.337 e. The molecule has 0 saturated carbocycles. The van der Waals surface area contributed by atoms with Crippen molar-refractivity contribution in [1.82, 2.24) is 9.88 Å². The number of aromatic carboxylic acids is 1. The smallest absolute Gasteiger partial charge is 0.337 e. The number of nitrogens with one attached hydrogen (secondary N) is 1. The van der Waals surface area contributed by atoms with Gasteiger partial charge in [-0.25, -0.2) is 9.78 Å². The highest BCUT2D eigenvalue weighted by molar-refractivity contribution is 5.87. The number of likely N-dealkylation sites (N-methyl/N-ethyl adjacent to an activating group) is 1. The lowest BCUT2D eigenvalue weighted by molar-refractivity contribution is -0.0117. The molecule has 1 saturated heterocycles. The molecular formula is C12H17N3O3. The van der Waals surface area contributed by atoms with E-state index in [1.54, 1.807) is 6.07 Å². The lowest BCUT2D eigenvalue weighted by atomic mass is 10.2. The predicted octanol–water partition coefficient (Wildman–Crippen LogP) is 0.522. The van der Waals surface area contributed by atoms with Crippen LogP contribution in [-0.2, 0) is 4.74 Å². The third-order valence-electron chi connectivity index (χ3n) is 2.86. The van der Waals surface area contributed by atoms with Crippen LogP contribution in [0.25, 0.3) is 0 Å². The van der Waals surface area contributed by atoms with Crippen LogP contribution in [0, 0.1) is 0 Å². The standard InChI is InChI=1S/C12H17N3O3/c1-15-4-5-18-10(8-15)7-14-11-3-2-9(6-13-11)12(16)17/h2-3,6,10H,4-5,7-8H2,1H3,(H,13,14)(H,16,17). The van der Waals surface area contributed by atoms with Gasteiger partial charge in [0, 0.05) is 25.8 Å². The van der Waals surface area contributed by atoms with Crippen molar-refractivity contribution in [2.75, 3.05) is 38.6 Å². The molecule has 0 aromatic carbocycles. The molecule has 0 bridgehead atoms. The maximum atomic E-state index is 10.7. The number of carbonyl (C=O) groups is 1. The SMILES string of the molecule is CN1CCOC(CNc2ccc(C(=O)O)cn2)C1. The molecule has 1 aliphatic rings. The topological polar surface area (TPSA) is 74.7 Å². The van der Waals surface area contributed by atoms with E-state index in [1.807, 2.05) is 0 Å². The Hall–Kier alpha value is -1.66. The molecule has 0 aliphatic carbocycles. The summed E-state index contributed by atoms with van der Waals surface area (Å²) in [5, 5.41) is 11.9. The second kappa shape index (κ2) is 5.79. The van der Waals surface area contributed by atoms with E-state index in [1.165, 1.54) is 12.3 Å².